The van der Waals surface area contributed by atoms with Crippen LogP contribution in [0.15, 0.2) is 0 Å². The predicted molar refractivity (Wildman–Crippen MR) is 95.0 cm³/mol. The maximum atomic E-state index is 11.9. The molecule has 2 heteroatoms. The van der Waals surface area contributed by atoms with E-state index in [4.69, 9.17) is 0 Å². The second-order valence-corrected chi connectivity index (χ2v) is 7.09. The van der Waals surface area contributed by atoms with Crippen molar-refractivity contribution in [1.29, 1.82) is 0 Å². The van der Waals surface area contributed by atoms with Gasteiger partial charge in [-0.05, 0) is 24.7 Å². The third kappa shape index (κ3) is 8.10. The number of hydrogen-bond donors (Lipinski definition) is 0. The molecule has 0 aromatic rings. The van der Waals surface area contributed by atoms with E-state index in [1.807, 2.05) is 0 Å². The molecule has 0 saturated carbocycles. The fraction of sp³-hybridized carbons (Fsp3) is 0.900. The summed E-state index contributed by atoms with van der Waals surface area (Å²) in [6.45, 7) is 8.85. The van der Waals surface area contributed by atoms with Crippen LogP contribution in [-0.2, 0) is 9.59 Å². The first kappa shape index (κ1) is 21.3. The van der Waals surface area contributed by atoms with Crippen LogP contribution in [0.25, 0.3) is 0 Å². The molecule has 2 nitrogen and oxygen atoms in total. The summed E-state index contributed by atoms with van der Waals surface area (Å²) in [7, 11) is 0. The van der Waals surface area contributed by atoms with Gasteiger partial charge in [0.15, 0.2) is 0 Å². The smallest absolute Gasteiger partial charge is 0.126 e. The molecule has 0 aliphatic rings. The van der Waals surface area contributed by atoms with Gasteiger partial charge in [-0.15, -0.1) is 0 Å². The molecule has 0 heterocycles. The summed E-state index contributed by atoms with van der Waals surface area (Å²) >= 11 is 0. The van der Waals surface area contributed by atoms with Crippen LogP contribution in [-0.4, -0.2) is 12.6 Å². The first-order chi connectivity index (χ1) is 10.6. The largest absolute Gasteiger partial charge is 0.303 e. The molecule has 0 N–H and O–H groups in total. The van der Waals surface area contributed by atoms with Crippen LogP contribution in [0.4, 0.5) is 0 Å². The Morgan fingerprint density at radius 2 is 1.27 bits per heavy atom. The standard InChI is InChI=1S/C20H38O2/c1-5-9-11-18(7-3)15-20(17-22,13-14-21)16-19(8-4)12-10-6-2/h14,17-19H,5-13,15-16H2,1-4H3. The Morgan fingerprint density at radius 3 is 1.55 bits per heavy atom. The third-order valence-electron chi connectivity index (χ3n) is 5.22. The first-order valence-corrected chi connectivity index (χ1v) is 9.51. The fourth-order valence-electron chi connectivity index (χ4n) is 3.60. The van der Waals surface area contributed by atoms with E-state index < -0.39 is 5.41 Å². The topological polar surface area (TPSA) is 34.1 Å². The highest BCUT2D eigenvalue weighted by atomic mass is 16.1. The Labute approximate surface area is 138 Å². The lowest BCUT2D eigenvalue weighted by Crippen LogP contribution is -2.29. The van der Waals surface area contributed by atoms with Crippen molar-refractivity contribution in [3.8, 4) is 0 Å². The van der Waals surface area contributed by atoms with Crippen molar-refractivity contribution >= 4 is 12.6 Å². The quantitative estimate of drug-likeness (QED) is 0.349. The van der Waals surface area contributed by atoms with E-state index in [0.29, 0.717) is 18.3 Å². The molecular formula is C20H38O2. The average molecular weight is 311 g/mol. The van der Waals surface area contributed by atoms with Crippen LogP contribution in [0.2, 0.25) is 0 Å². The average Bonchev–Trinajstić information content (AvgIpc) is 2.55. The second-order valence-electron chi connectivity index (χ2n) is 7.09. The summed E-state index contributed by atoms with van der Waals surface area (Å²) in [6.07, 6.45) is 13.7. The molecule has 0 rings (SSSR count). The maximum Gasteiger partial charge on any atom is 0.126 e. The molecule has 0 aromatic heterocycles. The molecule has 0 aromatic carbocycles. The van der Waals surface area contributed by atoms with E-state index in [9.17, 15) is 9.59 Å². The van der Waals surface area contributed by atoms with Gasteiger partial charge in [-0.2, -0.15) is 0 Å². The molecule has 0 aliphatic heterocycles. The third-order valence-corrected chi connectivity index (χ3v) is 5.22. The molecule has 0 amide bonds. The summed E-state index contributed by atoms with van der Waals surface area (Å²) in [5, 5.41) is 0. The first-order valence-electron chi connectivity index (χ1n) is 9.51. The minimum atomic E-state index is -0.412. The highest BCUT2D eigenvalue weighted by Gasteiger charge is 2.34. The Kier molecular flexibility index (Phi) is 12.5. The highest BCUT2D eigenvalue weighted by molar-refractivity contribution is 5.66. The van der Waals surface area contributed by atoms with Gasteiger partial charge in [0.2, 0.25) is 0 Å². The van der Waals surface area contributed by atoms with Crippen LogP contribution in [0.1, 0.15) is 98.3 Å². The van der Waals surface area contributed by atoms with Gasteiger partial charge >= 0.3 is 0 Å². The molecule has 0 saturated heterocycles. The van der Waals surface area contributed by atoms with Gasteiger partial charge in [0, 0.05) is 11.8 Å². The zero-order valence-corrected chi connectivity index (χ0v) is 15.4. The van der Waals surface area contributed by atoms with Crippen molar-refractivity contribution in [3.05, 3.63) is 0 Å². The lowest BCUT2D eigenvalue weighted by atomic mass is 9.69. The molecule has 0 aliphatic carbocycles. The van der Waals surface area contributed by atoms with Crippen LogP contribution in [0.5, 0.6) is 0 Å². The van der Waals surface area contributed by atoms with Crippen LogP contribution >= 0.6 is 0 Å². The number of hydrogen-bond acceptors (Lipinski definition) is 2. The normalized spacial score (nSPS) is 16.7. The van der Waals surface area contributed by atoms with Crippen molar-refractivity contribution in [2.75, 3.05) is 0 Å². The lowest BCUT2D eigenvalue weighted by molar-refractivity contribution is -0.123. The Bertz CT molecular complexity index is 267. The minimum Gasteiger partial charge on any atom is -0.303 e. The van der Waals surface area contributed by atoms with E-state index in [2.05, 4.69) is 27.7 Å². The Balaban J connectivity index is 4.93. The van der Waals surface area contributed by atoms with Crippen LogP contribution < -0.4 is 0 Å². The second kappa shape index (κ2) is 12.8. The number of carbonyl (C=O) groups excluding carboxylic acids is 2. The number of aldehydes is 2. The zero-order chi connectivity index (χ0) is 16.8. The molecule has 22 heavy (non-hydrogen) atoms. The van der Waals surface area contributed by atoms with Gasteiger partial charge in [0.1, 0.15) is 12.6 Å². The van der Waals surface area contributed by atoms with E-state index in [1.165, 1.54) is 38.5 Å². The van der Waals surface area contributed by atoms with Gasteiger partial charge in [-0.3, -0.25) is 0 Å². The van der Waals surface area contributed by atoms with Crippen molar-refractivity contribution in [3.63, 3.8) is 0 Å². The zero-order valence-electron chi connectivity index (χ0n) is 15.4. The summed E-state index contributed by atoms with van der Waals surface area (Å²) in [6, 6.07) is 0. The van der Waals surface area contributed by atoms with E-state index in [0.717, 1.165) is 38.3 Å². The number of unbranched alkanes of at least 4 members (excludes halogenated alkanes) is 2. The van der Waals surface area contributed by atoms with Gasteiger partial charge in [-0.25, -0.2) is 0 Å². The Hall–Kier alpha value is -0.660. The van der Waals surface area contributed by atoms with E-state index in [1.54, 1.807) is 0 Å². The molecule has 0 radical (unpaired) electrons. The van der Waals surface area contributed by atoms with Crippen molar-refractivity contribution in [1.82, 2.24) is 0 Å². The summed E-state index contributed by atoms with van der Waals surface area (Å²) in [4.78, 5) is 23.1. The Morgan fingerprint density at radius 1 is 0.818 bits per heavy atom. The summed E-state index contributed by atoms with van der Waals surface area (Å²) < 4.78 is 0. The molecule has 0 spiro atoms. The van der Waals surface area contributed by atoms with Gasteiger partial charge < -0.3 is 9.59 Å². The monoisotopic (exact) mass is 310 g/mol. The molecule has 0 fully saturated rings. The molecule has 2 unspecified atom stereocenters. The predicted octanol–water partition coefficient (Wildman–Crippen LogP) is 5.97. The summed E-state index contributed by atoms with van der Waals surface area (Å²) in [5.41, 5.74) is -0.412. The van der Waals surface area contributed by atoms with Crippen LogP contribution in [0.3, 0.4) is 0 Å². The number of rotatable bonds is 15. The fourth-order valence-corrected chi connectivity index (χ4v) is 3.60. The van der Waals surface area contributed by atoms with E-state index >= 15 is 0 Å². The molecule has 130 valence electrons. The maximum absolute atomic E-state index is 11.9. The number of carbonyl (C=O) groups is 2. The molecule has 2 atom stereocenters. The van der Waals surface area contributed by atoms with Gasteiger partial charge in [0.25, 0.3) is 0 Å². The van der Waals surface area contributed by atoms with Crippen molar-refractivity contribution < 1.29 is 9.59 Å². The van der Waals surface area contributed by atoms with Crippen molar-refractivity contribution in [2.45, 2.75) is 98.3 Å². The highest BCUT2D eigenvalue weighted by Crippen LogP contribution is 2.39. The van der Waals surface area contributed by atoms with Gasteiger partial charge in [-0.1, -0.05) is 79.1 Å². The molecule has 0 bridgehead atoms. The van der Waals surface area contributed by atoms with Crippen LogP contribution in [0, 0.1) is 17.3 Å². The van der Waals surface area contributed by atoms with Gasteiger partial charge in [0.05, 0.1) is 0 Å². The minimum absolute atomic E-state index is 0.405. The summed E-state index contributed by atoms with van der Waals surface area (Å²) in [5.74, 6) is 1.16. The molecular weight excluding hydrogens is 272 g/mol. The lowest BCUT2D eigenvalue weighted by Gasteiger charge is -2.33. The van der Waals surface area contributed by atoms with E-state index in [-0.39, 0.29) is 0 Å². The SMILES string of the molecule is CCCCC(CC)CC(C=O)(CC=O)CC(CC)CCCC. The van der Waals surface area contributed by atoms with Crippen molar-refractivity contribution in [2.24, 2.45) is 17.3 Å².